The first-order valence-corrected chi connectivity index (χ1v) is 8.02. The summed E-state index contributed by atoms with van der Waals surface area (Å²) < 4.78 is 11.2. The summed E-state index contributed by atoms with van der Waals surface area (Å²) in [6.45, 7) is 3.42. The van der Waals surface area contributed by atoms with Crippen molar-refractivity contribution < 1.29 is 18.7 Å². The Bertz CT molecular complexity index is 1050. The average Bonchev–Trinajstić information content (AvgIpc) is 2.97. The van der Waals surface area contributed by atoms with Crippen LogP contribution >= 0.6 is 0 Å². The van der Waals surface area contributed by atoms with E-state index in [1.165, 1.54) is 11.7 Å². The number of nitrogens with one attached hydrogen (secondary N) is 1. The molecule has 0 aliphatic rings. The Morgan fingerprint density at radius 2 is 1.92 bits per heavy atom. The Hall–Kier alpha value is -3.35. The number of rotatable bonds is 4. The second-order valence-electron chi connectivity index (χ2n) is 5.89. The quantitative estimate of drug-likeness (QED) is 0.728. The summed E-state index contributed by atoms with van der Waals surface area (Å²) in [7, 11) is 1.29. The van der Waals surface area contributed by atoms with Gasteiger partial charge in [0.15, 0.2) is 5.58 Å². The van der Waals surface area contributed by atoms with Crippen LogP contribution in [0.25, 0.3) is 11.1 Å². The van der Waals surface area contributed by atoms with Crippen LogP contribution in [0, 0.1) is 6.92 Å². The molecule has 0 unspecified atom stereocenters. The van der Waals surface area contributed by atoms with Gasteiger partial charge in [0.1, 0.15) is 6.04 Å². The van der Waals surface area contributed by atoms with Crippen LogP contribution in [0.2, 0.25) is 0 Å². The molecule has 0 fully saturated rings. The lowest BCUT2D eigenvalue weighted by molar-refractivity contribution is -0.118. The third kappa shape index (κ3) is 3.11. The maximum atomic E-state index is 12.7. The average molecular weight is 354 g/mol. The summed E-state index contributed by atoms with van der Waals surface area (Å²) in [5, 5.41) is 2.76. The van der Waals surface area contributed by atoms with Crippen LogP contribution < -0.4 is 11.1 Å². The largest absolute Gasteiger partial charge is 0.465 e. The van der Waals surface area contributed by atoms with Crippen LogP contribution in [-0.4, -0.2) is 23.6 Å². The molecule has 1 N–H and O–H groups in total. The maximum Gasteiger partial charge on any atom is 0.420 e. The number of benzene rings is 2. The first-order valence-electron chi connectivity index (χ1n) is 8.02. The van der Waals surface area contributed by atoms with Gasteiger partial charge < -0.3 is 14.5 Å². The first kappa shape index (κ1) is 17.5. The number of esters is 1. The molecule has 0 saturated heterocycles. The Labute approximate surface area is 149 Å². The number of hydrogen-bond acceptors (Lipinski definition) is 5. The van der Waals surface area contributed by atoms with Crippen LogP contribution in [0.5, 0.6) is 0 Å². The second-order valence-corrected chi connectivity index (χ2v) is 5.89. The molecule has 0 aliphatic heterocycles. The fraction of sp³-hybridized carbons (Fsp3) is 0.211. The normalized spacial score (nSPS) is 12.0. The number of fused-ring (bicyclic) bond motifs is 1. The zero-order valence-corrected chi connectivity index (χ0v) is 14.6. The van der Waals surface area contributed by atoms with Crippen molar-refractivity contribution in [3.63, 3.8) is 0 Å². The van der Waals surface area contributed by atoms with Gasteiger partial charge in [0.05, 0.1) is 18.2 Å². The summed E-state index contributed by atoms with van der Waals surface area (Å²) in [6, 6.07) is 11.0. The lowest BCUT2D eigenvalue weighted by Gasteiger charge is -2.15. The standard InChI is InChI=1S/C19H18N2O5/c1-11-8-9-13(18(23)25-3)10-14(11)20-17(22)12(2)21-15-6-4-5-7-16(15)26-19(21)24/h4-10,12H,1-3H3,(H,20,22)/t12-/m0/s1. The predicted molar refractivity (Wildman–Crippen MR) is 96.3 cm³/mol. The zero-order chi connectivity index (χ0) is 18.8. The molecule has 1 heterocycles. The molecule has 3 rings (SSSR count). The summed E-state index contributed by atoms with van der Waals surface area (Å²) in [5.41, 5.74) is 2.54. The van der Waals surface area contributed by atoms with E-state index < -0.39 is 23.7 Å². The molecule has 26 heavy (non-hydrogen) atoms. The molecule has 7 nitrogen and oxygen atoms in total. The van der Waals surface area contributed by atoms with E-state index in [-0.39, 0.29) is 0 Å². The van der Waals surface area contributed by atoms with Gasteiger partial charge in [-0.05, 0) is 43.7 Å². The van der Waals surface area contributed by atoms with Crippen molar-refractivity contribution in [3.05, 3.63) is 64.1 Å². The SMILES string of the molecule is COC(=O)c1ccc(C)c(NC(=O)[C@H](C)n2c(=O)oc3ccccc32)c1. The van der Waals surface area contributed by atoms with Crippen molar-refractivity contribution >= 4 is 28.7 Å². The number of hydrogen-bond donors (Lipinski definition) is 1. The van der Waals surface area contributed by atoms with E-state index in [9.17, 15) is 14.4 Å². The van der Waals surface area contributed by atoms with Crippen LogP contribution in [0.3, 0.4) is 0 Å². The van der Waals surface area contributed by atoms with Gasteiger partial charge in [-0.3, -0.25) is 9.36 Å². The summed E-state index contributed by atoms with van der Waals surface area (Å²) in [4.78, 5) is 36.5. The highest BCUT2D eigenvalue weighted by Gasteiger charge is 2.22. The van der Waals surface area contributed by atoms with Gasteiger partial charge in [-0.25, -0.2) is 9.59 Å². The number of carbonyl (C=O) groups excluding carboxylic acids is 2. The summed E-state index contributed by atoms with van der Waals surface area (Å²) in [5.74, 6) is -1.50. The Balaban J connectivity index is 1.91. The molecule has 0 radical (unpaired) electrons. The molecule has 0 saturated carbocycles. The number of carbonyl (C=O) groups is 2. The van der Waals surface area contributed by atoms with E-state index in [1.807, 2.05) is 0 Å². The molecular weight excluding hydrogens is 336 g/mol. The topological polar surface area (TPSA) is 90.5 Å². The molecule has 1 aromatic heterocycles. The number of methoxy groups -OCH3 is 1. The van der Waals surface area contributed by atoms with Crippen molar-refractivity contribution in [2.75, 3.05) is 12.4 Å². The first-order chi connectivity index (χ1) is 12.4. The van der Waals surface area contributed by atoms with Crippen molar-refractivity contribution in [1.29, 1.82) is 0 Å². The molecule has 134 valence electrons. The molecule has 2 aromatic carbocycles. The number of nitrogens with zero attached hydrogens (tertiary/aromatic N) is 1. The van der Waals surface area contributed by atoms with Crippen molar-refractivity contribution in [2.45, 2.75) is 19.9 Å². The summed E-state index contributed by atoms with van der Waals surface area (Å²) in [6.07, 6.45) is 0. The fourth-order valence-electron chi connectivity index (χ4n) is 2.71. The predicted octanol–water partition coefficient (Wildman–Crippen LogP) is 2.89. The number of oxazole rings is 1. The Morgan fingerprint density at radius 1 is 1.19 bits per heavy atom. The Kier molecular flexibility index (Phi) is 4.62. The molecule has 0 aliphatic carbocycles. The number of amides is 1. The van der Waals surface area contributed by atoms with E-state index in [0.717, 1.165) is 5.56 Å². The van der Waals surface area contributed by atoms with E-state index >= 15 is 0 Å². The van der Waals surface area contributed by atoms with Crippen LogP contribution in [0.1, 0.15) is 28.9 Å². The third-order valence-electron chi connectivity index (χ3n) is 4.20. The van der Waals surface area contributed by atoms with E-state index in [4.69, 9.17) is 9.15 Å². The Morgan fingerprint density at radius 3 is 2.65 bits per heavy atom. The van der Waals surface area contributed by atoms with Gasteiger partial charge in [-0.2, -0.15) is 0 Å². The number of aromatic nitrogens is 1. The number of ether oxygens (including phenoxy) is 1. The van der Waals surface area contributed by atoms with Gasteiger partial charge >= 0.3 is 11.7 Å². The maximum absolute atomic E-state index is 12.7. The van der Waals surface area contributed by atoms with Crippen molar-refractivity contribution in [2.24, 2.45) is 0 Å². The minimum atomic E-state index is -0.799. The third-order valence-corrected chi connectivity index (χ3v) is 4.20. The fourth-order valence-corrected chi connectivity index (χ4v) is 2.71. The smallest absolute Gasteiger partial charge is 0.420 e. The lowest BCUT2D eigenvalue weighted by Crippen LogP contribution is -2.29. The highest BCUT2D eigenvalue weighted by Crippen LogP contribution is 2.21. The monoisotopic (exact) mass is 354 g/mol. The van der Waals surface area contributed by atoms with E-state index in [0.29, 0.717) is 22.4 Å². The van der Waals surface area contributed by atoms with Gasteiger partial charge in [0, 0.05) is 5.69 Å². The van der Waals surface area contributed by atoms with Crippen molar-refractivity contribution in [1.82, 2.24) is 4.57 Å². The van der Waals surface area contributed by atoms with Crippen LogP contribution in [-0.2, 0) is 9.53 Å². The molecule has 7 heteroatoms. The van der Waals surface area contributed by atoms with Crippen molar-refractivity contribution in [3.8, 4) is 0 Å². The second kappa shape index (κ2) is 6.87. The highest BCUT2D eigenvalue weighted by molar-refractivity contribution is 5.97. The van der Waals surface area contributed by atoms with Gasteiger partial charge in [-0.1, -0.05) is 18.2 Å². The molecule has 0 bridgehead atoms. The van der Waals surface area contributed by atoms with E-state index in [1.54, 1.807) is 56.3 Å². The minimum Gasteiger partial charge on any atom is -0.465 e. The number of anilines is 1. The molecule has 0 spiro atoms. The van der Waals surface area contributed by atoms with Gasteiger partial charge in [-0.15, -0.1) is 0 Å². The highest BCUT2D eigenvalue weighted by atomic mass is 16.5. The van der Waals surface area contributed by atoms with Gasteiger partial charge in [0.25, 0.3) is 0 Å². The molecule has 1 amide bonds. The zero-order valence-electron chi connectivity index (χ0n) is 14.6. The van der Waals surface area contributed by atoms with Crippen LogP contribution in [0.4, 0.5) is 5.69 Å². The molecular formula is C19H18N2O5. The summed E-state index contributed by atoms with van der Waals surface area (Å²) >= 11 is 0. The lowest BCUT2D eigenvalue weighted by atomic mass is 10.1. The number of para-hydroxylation sites is 2. The molecule has 3 aromatic rings. The van der Waals surface area contributed by atoms with E-state index in [2.05, 4.69) is 5.32 Å². The minimum absolute atomic E-state index is 0.326. The van der Waals surface area contributed by atoms with Crippen LogP contribution in [0.15, 0.2) is 51.7 Å². The number of aryl methyl sites for hydroxylation is 1. The van der Waals surface area contributed by atoms with Gasteiger partial charge in [0.2, 0.25) is 5.91 Å². The molecule has 1 atom stereocenters.